The molecule has 0 saturated heterocycles. The lowest BCUT2D eigenvalue weighted by Gasteiger charge is -2.18. The predicted molar refractivity (Wildman–Crippen MR) is 140 cm³/mol. The molecule has 1 aliphatic rings. The Labute approximate surface area is 210 Å². The van der Waals surface area contributed by atoms with E-state index in [-0.39, 0.29) is 5.37 Å². The van der Waals surface area contributed by atoms with E-state index in [1.54, 1.807) is 34.4 Å². The number of hydrogen-bond donors (Lipinski definition) is 1. The number of hydrogen-bond acceptors (Lipinski definition) is 7. The molecule has 4 nitrogen and oxygen atoms in total. The molecule has 1 aliphatic carbocycles. The Morgan fingerprint density at radius 2 is 2.00 bits per heavy atom. The van der Waals surface area contributed by atoms with E-state index in [4.69, 9.17) is 21.3 Å². The summed E-state index contributed by atoms with van der Waals surface area (Å²) in [4.78, 5) is 6.19. The topological polar surface area (TPSA) is 57.9 Å². The molecule has 4 aromatic rings. The maximum atomic E-state index is 9.91. The predicted octanol–water partition coefficient (Wildman–Crippen LogP) is 8.06. The van der Waals surface area contributed by atoms with Crippen molar-refractivity contribution in [3.05, 3.63) is 69.1 Å². The molecule has 2 aromatic carbocycles. The lowest BCUT2D eigenvalue weighted by atomic mass is 9.96. The van der Waals surface area contributed by atoms with Crippen molar-refractivity contribution >= 4 is 61.3 Å². The highest BCUT2D eigenvalue weighted by Gasteiger charge is 2.24. The molecule has 33 heavy (non-hydrogen) atoms. The van der Waals surface area contributed by atoms with Gasteiger partial charge >= 0.3 is 0 Å². The van der Waals surface area contributed by atoms with Crippen LogP contribution in [0.25, 0.3) is 10.2 Å². The smallest absolute Gasteiger partial charge is 0.153 e. The minimum Gasteiger partial charge on any atom is -0.494 e. The first-order chi connectivity index (χ1) is 16.1. The number of nitrogens with one attached hydrogen (secondary N) is 1. The highest BCUT2D eigenvalue weighted by atomic mass is 35.5. The van der Waals surface area contributed by atoms with Crippen LogP contribution in [0.3, 0.4) is 0 Å². The molecule has 0 aliphatic heterocycles. The van der Waals surface area contributed by atoms with Crippen molar-refractivity contribution in [2.24, 2.45) is 0 Å². The third-order valence-corrected chi connectivity index (χ3v) is 9.33. The van der Waals surface area contributed by atoms with Gasteiger partial charge in [-0.3, -0.25) is 0 Å². The average molecular weight is 512 g/mol. The normalized spacial score (nSPS) is 14.0. The first kappa shape index (κ1) is 22.5. The number of benzene rings is 2. The van der Waals surface area contributed by atoms with Crippen molar-refractivity contribution in [2.75, 3.05) is 11.9 Å². The molecule has 168 valence electrons. The molecular weight excluding hydrogens is 490 g/mol. The Balaban J connectivity index is 1.48. The van der Waals surface area contributed by atoms with Gasteiger partial charge < -0.3 is 10.1 Å². The third-order valence-electron chi connectivity index (χ3n) is 5.59. The van der Waals surface area contributed by atoms with Gasteiger partial charge in [0, 0.05) is 9.90 Å². The maximum Gasteiger partial charge on any atom is 0.153 e. The quantitative estimate of drug-likeness (QED) is 0.201. The van der Waals surface area contributed by atoms with E-state index in [0.29, 0.717) is 11.6 Å². The van der Waals surface area contributed by atoms with Gasteiger partial charge in [0.05, 0.1) is 22.4 Å². The minimum absolute atomic E-state index is 0.0959. The fourth-order valence-corrected chi connectivity index (χ4v) is 7.78. The summed E-state index contributed by atoms with van der Waals surface area (Å²) in [5.74, 6) is 0.861. The summed E-state index contributed by atoms with van der Waals surface area (Å²) < 4.78 is 7.71. The molecule has 2 aromatic heterocycles. The van der Waals surface area contributed by atoms with Crippen LogP contribution in [0.5, 0.6) is 5.75 Å². The number of nitriles is 1. The highest BCUT2D eigenvalue weighted by molar-refractivity contribution is 8.01. The van der Waals surface area contributed by atoms with E-state index >= 15 is 0 Å². The van der Waals surface area contributed by atoms with Crippen LogP contribution < -0.4 is 10.1 Å². The summed E-state index contributed by atoms with van der Waals surface area (Å²) in [5, 5.41) is 15.1. The van der Waals surface area contributed by atoms with Crippen LogP contribution in [-0.2, 0) is 12.8 Å². The molecule has 5 rings (SSSR count). The molecule has 0 spiro atoms. The Morgan fingerprint density at radius 1 is 1.18 bits per heavy atom. The van der Waals surface area contributed by atoms with Gasteiger partial charge in [-0.15, -0.1) is 22.7 Å². The lowest BCUT2D eigenvalue weighted by Crippen LogP contribution is -2.07. The zero-order chi connectivity index (χ0) is 22.8. The van der Waals surface area contributed by atoms with Gasteiger partial charge in [-0.1, -0.05) is 35.5 Å². The number of aryl methyl sites for hydroxylation is 1. The SMILES string of the molecule is CCOc1ccc2nc(S[C@H](Nc3sc4c(c3C#N)CCCC4)c3ccc(Cl)cc3)sc2c1. The first-order valence-corrected chi connectivity index (χ1v) is 13.8. The molecule has 2 heterocycles. The van der Waals surface area contributed by atoms with E-state index in [1.165, 1.54) is 16.9 Å². The maximum absolute atomic E-state index is 9.91. The van der Waals surface area contributed by atoms with Crippen molar-refractivity contribution in [1.29, 1.82) is 5.26 Å². The van der Waals surface area contributed by atoms with Gasteiger partial charge in [-0.2, -0.15) is 5.26 Å². The van der Waals surface area contributed by atoms with Crippen molar-refractivity contribution < 1.29 is 4.74 Å². The first-order valence-electron chi connectivity index (χ1n) is 10.9. The monoisotopic (exact) mass is 511 g/mol. The number of ether oxygens (including phenoxy) is 1. The number of anilines is 1. The molecule has 0 radical (unpaired) electrons. The van der Waals surface area contributed by atoms with Crippen LogP contribution in [0.2, 0.25) is 5.02 Å². The fourth-order valence-electron chi connectivity index (χ4n) is 4.01. The lowest BCUT2D eigenvalue weighted by molar-refractivity contribution is 0.341. The Hall–Kier alpha value is -2.24. The van der Waals surface area contributed by atoms with Gasteiger partial charge in [0.2, 0.25) is 0 Å². The Bertz CT molecular complexity index is 1320. The second kappa shape index (κ2) is 9.94. The number of thiazole rings is 1. The molecule has 1 N–H and O–H groups in total. The summed E-state index contributed by atoms with van der Waals surface area (Å²) in [7, 11) is 0. The van der Waals surface area contributed by atoms with Gasteiger partial charge in [0.1, 0.15) is 22.2 Å². The van der Waals surface area contributed by atoms with E-state index in [9.17, 15) is 5.26 Å². The van der Waals surface area contributed by atoms with Gasteiger partial charge in [0.15, 0.2) is 4.34 Å². The number of halogens is 1. The van der Waals surface area contributed by atoms with Crippen molar-refractivity contribution in [2.45, 2.75) is 42.3 Å². The molecule has 0 fully saturated rings. The average Bonchev–Trinajstić information content (AvgIpc) is 3.39. The summed E-state index contributed by atoms with van der Waals surface area (Å²) >= 11 is 11.2. The summed E-state index contributed by atoms with van der Waals surface area (Å²) in [5.41, 5.74) is 4.10. The summed E-state index contributed by atoms with van der Waals surface area (Å²) in [6, 6.07) is 16.4. The number of thiophene rings is 1. The standard InChI is InChI=1S/C25H22ClN3OS3/c1-2-30-17-11-12-20-22(13-17)32-25(28-20)33-23(15-7-9-16(26)10-8-15)29-24-19(14-27)18-5-3-4-6-21(18)31-24/h7-13,23,29H,2-6H2,1H3/t23-/m0/s1. The zero-order valence-corrected chi connectivity index (χ0v) is 21.3. The second-order valence-corrected chi connectivity index (χ2v) is 11.7. The molecular formula is C25H22ClN3OS3. The van der Waals surface area contributed by atoms with E-state index in [1.807, 2.05) is 49.4 Å². The van der Waals surface area contributed by atoms with Crippen LogP contribution in [0, 0.1) is 11.3 Å². The number of aromatic nitrogens is 1. The van der Waals surface area contributed by atoms with Crippen LogP contribution in [0.15, 0.2) is 46.8 Å². The largest absolute Gasteiger partial charge is 0.494 e. The Kier molecular flexibility index (Phi) is 6.79. The van der Waals surface area contributed by atoms with Crippen molar-refractivity contribution in [3.63, 3.8) is 0 Å². The Morgan fingerprint density at radius 3 is 2.79 bits per heavy atom. The van der Waals surface area contributed by atoms with Crippen LogP contribution in [0.4, 0.5) is 5.00 Å². The zero-order valence-electron chi connectivity index (χ0n) is 18.1. The summed E-state index contributed by atoms with van der Waals surface area (Å²) in [6.45, 7) is 2.62. The van der Waals surface area contributed by atoms with Gasteiger partial charge in [0.25, 0.3) is 0 Å². The molecule has 0 unspecified atom stereocenters. The van der Waals surface area contributed by atoms with Crippen molar-refractivity contribution in [3.8, 4) is 11.8 Å². The van der Waals surface area contributed by atoms with E-state index in [2.05, 4.69) is 11.4 Å². The number of thioether (sulfide) groups is 1. The van der Waals surface area contributed by atoms with Gasteiger partial charge in [-0.05, 0) is 74.1 Å². The fraction of sp³-hybridized carbons (Fsp3) is 0.280. The van der Waals surface area contributed by atoms with Gasteiger partial charge in [-0.25, -0.2) is 4.98 Å². The second-order valence-electron chi connectivity index (χ2n) is 7.76. The molecule has 0 bridgehead atoms. The number of nitrogens with zero attached hydrogens (tertiary/aromatic N) is 2. The van der Waals surface area contributed by atoms with Crippen LogP contribution in [-0.4, -0.2) is 11.6 Å². The van der Waals surface area contributed by atoms with Crippen LogP contribution >= 0.6 is 46.0 Å². The molecule has 1 atom stereocenters. The van der Waals surface area contributed by atoms with Crippen molar-refractivity contribution in [1.82, 2.24) is 4.98 Å². The highest BCUT2D eigenvalue weighted by Crippen LogP contribution is 2.44. The third kappa shape index (κ3) is 4.85. The van der Waals surface area contributed by atoms with Crippen LogP contribution in [0.1, 0.15) is 46.7 Å². The van der Waals surface area contributed by atoms with E-state index < -0.39 is 0 Å². The molecule has 0 saturated carbocycles. The molecule has 0 amide bonds. The molecule has 8 heteroatoms. The number of fused-ring (bicyclic) bond motifs is 2. The minimum atomic E-state index is -0.0959. The summed E-state index contributed by atoms with van der Waals surface area (Å²) in [6.07, 6.45) is 4.41. The number of rotatable bonds is 7. The van der Waals surface area contributed by atoms with E-state index in [0.717, 1.165) is 55.7 Å².